The van der Waals surface area contributed by atoms with Gasteiger partial charge >= 0.3 is 0 Å². The summed E-state index contributed by atoms with van der Waals surface area (Å²) >= 11 is 7.55. The highest BCUT2D eigenvalue weighted by Crippen LogP contribution is 2.41. The van der Waals surface area contributed by atoms with Gasteiger partial charge in [0.1, 0.15) is 11.6 Å². The molecule has 2 aromatic carbocycles. The lowest BCUT2D eigenvalue weighted by Crippen LogP contribution is -2.24. The van der Waals surface area contributed by atoms with E-state index in [-0.39, 0.29) is 11.8 Å². The number of fused-ring (bicyclic) bond motifs is 2. The van der Waals surface area contributed by atoms with Crippen molar-refractivity contribution >= 4 is 44.9 Å². The molecular formula is C21H17ClN4O2S. The van der Waals surface area contributed by atoms with Gasteiger partial charge in [-0.3, -0.25) is 4.79 Å². The fraction of sp³-hybridized carbons (Fsp3) is 0.190. The van der Waals surface area contributed by atoms with Crippen LogP contribution in [0.2, 0.25) is 5.02 Å². The van der Waals surface area contributed by atoms with Crippen LogP contribution < -0.4 is 10.1 Å². The number of ether oxygens (including phenoxy) is 1. The summed E-state index contributed by atoms with van der Waals surface area (Å²) in [5, 5.41) is 9.10. The minimum Gasteiger partial charge on any atom is -0.497 e. The molecule has 0 saturated carbocycles. The van der Waals surface area contributed by atoms with E-state index < -0.39 is 0 Å². The van der Waals surface area contributed by atoms with E-state index in [0.717, 1.165) is 32.8 Å². The minimum absolute atomic E-state index is 0.0404. The predicted molar refractivity (Wildman–Crippen MR) is 115 cm³/mol. The Morgan fingerprint density at radius 1 is 1.24 bits per heavy atom. The maximum atomic E-state index is 12.5. The second kappa shape index (κ2) is 6.86. The normalized spacial score (nSPS) is 16.0. The summed E-state index contributed by atoms with van der Waals surface area (Å²) in [6.45, 7) is 1.96. The molecule has 8 heteroatoms. The second-order valence-electron chi connectivity index (χ2n) is 6.95. The van der Waals surface area contributed by atoms with Gasteiger partial charge in [-0.25, -0.2) is 4.98 Å². The van der Waals surface area contributed by atoms with E-state index in [1.54, 1.807) is 11.8 Å². The van der Waals surface area contributed by atoms with Crippen molar-refractivity contribution in [3.8, 4) is 10.9 Å². The standard InChI is InChI=1S/C21H17ClN4O2S/c1-11-19-15(12-3-5-13(22)6-4-12)10-18(27)24-20(19)26(25-11)21-23-16-8-7-14(28-2)9-17(16)29-21/h3-9,15H,10H2,1-2H3,(H,24,27)/t15-/m1/s1. The predicted octanol–water partition coefficient (Wildman–Crippen LogP) is 4.93. The van der Waals surface area contributed by atoms with Crippen LogP contribution in [0.5, 0.6) is 5.75 Å². The van der Waals surface area contributed by atoms with Crippen LogP contribution in [0, 0.1) is 6.92 Å². The molecule has 1 atom stereocenters. The lowest BCUT2D eigenvalue weighted by Gasteiger charge is -2.24. The Morgan fingerprint density at radius 2 is 2.03 bits per heavy atom. The van der Waals surface area contributed by atoms with Crippen molar-refractivity contribution in [1.82, 2.24) is 14.8 Å². The number of aromatic nitrogens is 3. The van der Waals surface area contributed by atoms with Crippen LogP contribution in [-0.2, 0) is 4.79 Å². The zero-order chi connectivity index (χ0) is 20.1. The van der Waals surface area contributed by atoms with Gasteiger partial charge < -0.3 is 10.1 Å². The van der Waals surface area contributed by atoms with Gasteiger partial charge in [-0.1, -0.05) is 35.1 Å². The van der Waals surface area contributed by atoms with Crippen molar-refractivity contribution in [3.63, 3.8) is 0 Å². The number of methoxy groups -OCH3 is 1. The van der Waals surface area contributed by atoms with Crippen LogP contribution in [0.3, 0.4) is 0 Å². The van der Waals surface area contributed by atoms with Gasteiger partial charge in [0.25, 0.3) is 0 Å². The van der Waals surface area contributed by atoms with Gasteiger partial charge in [0.15, 0.2) is 0 Å². The molecule has 3 heterocycles. The summed E-state index contributed by atoms with van der Waals surface area (Å²) in [5.74, 6) is 1.35. The number of thiazole rings is 1. The van der Waals surface area contributed by atoms with Gasteiger partial charge in [-0.2, -0.15) is 9.78 Å². The highest BCUT2D eigenvalue weighted by Gasteiger charge is 2.33. The van der Waals surface area contributed by atoms with Crippen LogP contribution in [0.25, 0.3) is 15.3 Å². The van der Waals surface area contributed by atoms with Crippen molar-refractivity contribution in [2.75, 3.05) is 12.4 Å². The average molecular weight is 425 g/mol. The molecular weight excluding hydrogens is 408 g/mol. The van der Waals surface area contributed by atoms with Crippen molar-refractivity contribution in [2.45, 2.75) is 19.3 Å². The van der Waals surface area contributed by atoms with Gasteiger partial charge in [-0.05, 0) is 42.8 Å². The number of nitrogens with zero attached hydrogens (tertiary/aromatic N) is 3. The van der Waals surface area contributed by atoms with Crippen molar-refractivity contribution in [1.29, 1.82) is 0 Å². The van der Waals surface area contributed by atoms with Crippen molar-refractivity contribution in [2.24, 2.45) is 0 Å². The average Bonchev–Trinajstić information content (AvgIpc) is 3.28. The zero-order valence-electron chi connectivity index (χ0n) is 15.8. The molecule has 0 spiro atoms. The number of hydrogen-bond donors (Lipinski definition) is 1. The Hall–Kier alpha value is -2.90. The maximum Gasteiger partial charge on any atom is 0.226 e. The third-order valence-electron chi connectivity index (χ3n) is 5.14. The quantitative estimate of drug-likeness (QED) is 0.506. The number of nitrogens with one attached hydrogen (secondary N) is 1. The smallest absolute Gasteiger partial charge is 0.226 e. The molecule has 0 fully saturated rings. The Labute approximate surface area is 176 Å². The molecule has 2 aromatic heterocycles. The number of aryl methyl sites for hydroxylation is 1. The lowest BCUT2D eigenvalue weighted by atomic mass is 9.86. The van der Waals surface area contributed by atoms with Crippen LogP contribution in [0.4, 0.5) is 5.82 Å². The summed E-state index contributed by atoms with van der Waals surface area (Å²) in [6.07, 6.45) is 0.373. The largest absolute Gasteiger partial charge is 0.497 e. The SMILES string of the molecule is COc1ccc2nc(-n3nc(C)c4c3NC(=O)C[C@@H]4c3ccc(Cl)cc3)sc2c1. The van der Waals surface area contributed by atoms with E-state index in [1.165, 1.54) is 11.3 Å². The topological polar surface area (TPSA) is 69.0 Å². The summed E-state index contributed by atoms with van der Waals surface area (Å²) in [5.41, 5.74) is 3.80. The zero-order valence-corrected chi connectivity index (χ0v) is 17.3. The van der Waals surface area contributed by atoms with Crippen molar-refractivity contribution < 1.29 is 9.53 Å². The number of hydrogen-bond acceptors (Lipinski definition) is 5. The van der Waals surface area contributed by atoms with Crippen LogP contribution in [-0.4, -0.2) is 27.8 Å². The molecule has 1 aliphatic heterocycles. The molecule has 0 bridgehead atoms. The van der Waals surface area contributed by atoms with Crippen molar-refractivity contribution in [3.05, 3.63) is 64.3 Å². The summed E-state index contributed by atoms with van der Waals surface area (Å²) in [6, 6.07) is 13.4. The van der Waals surface area contributed by atoms with E-state index in [4.69, 9.17) is 26.4 Å². The number of benzene rings is 2. The Morgan fingerprint density at radius 3 is 2.79 bits per heavy atom. The first-order chi connectivity index (χ1) is 14.0. The molecule has 1 amide bonds. The first-order valence-corrected chi connectivity index (χ1v) is 10.3. The van der Waals surface area contributed by atoms with Gasteiger partial charge in [0, 0.05) is 22.9 Å². The third kappa shape index (κ3) is 3.07. The highest BCUT2D eigenvalue weighted by molar-refractivity contribution is 7.20. The first kappa shape index (κ1) is 18.1. The third-order valence-corrected chi connectivity index (χ3v) is 6.39. The molecule has 0 radical (unpaired) electrons. The fourth-order valence-electron chi connectivity index (χ4n) is 3.78. The van der Waals surface area contributed by atoms with E-state index in [1.807, 2.05) is 49.4 Å². The molecule has 1 aliphatic rings. The Kier molecular flexibility index (Phi) is 4.29. The lowest BCUT2D eigenvalue weighted by molar-refractivity contribution is -0.116. The maximum absolute atomic E-state index is 12.5. The minimum atomic E-state index is -0.0701. The van der Waals surface area contributed by atoms with Crippen LogP contribution in [0.15, 0.2) is 42.5 Å². The monoisotopic (exact) mass is 424 g/mol. The van der Waals surface area contributed by atoms with E-state index in [9.17, 15) is 4.79 Å². The number of carbonyl (C=O) groups excluding carboxylic acids is 1. The highest BCUT2D eigenvalue weighted by atomic mass is 35.5. The molecule has 29 heavy (non-hydrogen) atoms. The molecule has 5 rings (SSSR count). The first-order valence-electron chi connectivity index (χ1n) is 9.13. The Balaban J connectivity index is 1.64. The molecule has 4 aromatic rings. The molecule has 0 unspecified atom stereocenters. The summed E-state index contributed by atoms with van der Waals surface area (Å²) < 4.78 is 8.04. The van der Waals surface area contributed by atoms with Crippen LogP contribution in [0.1, 0.15) is 29.2 Å². The van der Waals surface area contributed by atoms with E-state index >= 15 is 0 Å². The molecule has 0 aliphatic carbocycles. The number of amides is 1. The molecule has 146 valence electrons. The number of halogens is 1. The van der Waals surface area contributed by atoms with Gasteiger partial charge in [0.2, 0.25) is 11.0 Å². The summed E-state index contributed by atoms with van der Waals surface area (Å²) in [7, 11) is 1.64. The molecule has 0 saturated heterocycles. The fourth-order valence-corrected chi connectivity index (χ4v) is 4.85. The number of rotatable bonds is 3. The molecule has 6 nitrogen and oxygen atoms in total. The molecule has 1 N–H and O–H groups in total. The second-order valence-corrected chi connectivity index (χ2v) is 8.39. The van der Waals surface area contributed by atoms with Gasteiger partial charge in [-0.15, -0.1) is 0 Å². The van der Waals surface area contributed by atoms with E-state index in [2.05, 4.69) is 5.32 Å². The van der Waals surface area contributed by atoms with Gasteiger partial charge in [0.05, 0.1) is 23.0 Å². The summed E-state index contributed by atoms with van der Waals surface area (Å²) in [4.78, 5) is 17.2. The van der Waals surface area contributed by atoms with E-state index in [0.29, 0.717) is 22.4 Å². The number of anilines is 1. The number of carbonyl (C=O) groups is 1. The Bertz CT molecular complexity index is 1250. The van der Waals surface area contributed by atoms with Crippen LogP contribution >= 0.6 is 22.9 Å².